The predicted octanol–water partition coefficient (Wildman–Crippen LogP) is 5.35. The van der Waals surface area contributed by atoms with Gasteiger partial charge in [0.1, 0.15) is 0 Å². The molecule has 3 rings (SSSR count). The SMILES string of the molecule is COCCCn1c(Sc2ccc([N+](=O)[O-])cc2Cl)nnc1-c1ccccc1Cl. The third-order valence-corrected chi connectivity index (χ3v) is 5.70. The zero-order chi connectivity index (χ0) is 20.1. The summed E-state index contributed by atoms with van der Waals surface area (Å²) in [5.74, 6) is 0.641. The Bertz CT molecular complexity index is 997. The minimum Gasteiger partial charge on any atom is -0.385 e. The molecule has 1 heterocycles. The number of methoxy groups -OCH3 is 1. The lowest BCUT2D eigenvalue weighted by atomic mass is 10.2. The summed E-state index contributed by atoms with van der Waals surface area (Å²) in [7, 11) is 1.65. The number of ether oxygens (including phenoxy) is 1. The van der Waals surface area contributed by atoms with Crippen LogP contribution in [0, 0.1) is 10.1 Å². The van der Waals surface area contributed by atoms with E-state index in [0.717, 1.165) is 12.0 Å². The molecule has 0 fully saturated rings. The van der Waals surface area contributed by atoms with Gasteiger partial charge in [0.2, 0.25) is 0 Å². The number of nitro benzene ring substituents is 1. The lowest BCUT2D eigenvalue weighted by Crippen LogP contribution is -2.05. The zero-order valence-corrected chi connectivity index (χ0v) is 17.2. The maximum Gasteiger partial charge on any atom is 0.270 e. The summed E-state index contributed by atoms with van der Waals surface area (Å²) in [5.41, 5.74) is 0.711. The molecule has 146 valence electrons. The van der Waals surface area contributed by atoms with Crippen LogP contribution < -0.4 is 0 Å². The average Bonchev–Trinajstić information content (AvgIpc) is 3.06. The first-order valence-corrected chi connectivity index (χ1v) is 9.87. The molecule has 0 atom stereocenters. The van der Waals surface area contributed by atoms with Crippen molar-refractivity contribution in [3.63, 3.8) is 0 Å². The number of non-ortho nitro benzene ring substituents is 1. The van der Waals surface area contributed by atoms with Crippen molar-refractivity contribution < 1.29 is 9.66 Å². The Hall–Kier alpha value is -2.13. The van der Waals surface area contributed by atoms with Crippen LogP contribution in [0.1, 0.15) is 6.42 Å². The number of hydrogen-bond acceptors (Lipinski definition) is 6. The fraction of sp³-hybridized carbons (Fsp3) is 0.222. The molecule has 0 spiro atoms. The lowest BCUT2D eigenvalue weighted by molar-refractivity contribution is -0.384. The first-order valence-electron chi connectivity index (χ1n) is 8.30. The molecular formula is C18H16Cl2N4O3S. The quantitative estimate of drug-likeness (QED) is 0.267. The summed E-state index contributed by atoms with van der Waals surface area (Å²) in [6.45, 7) is 1.21. The number of aromatic nitrogens is 3. The molecule has 0 N–H and O–H groups in total. The summed E-state index contributed by atoms with van der Waals surface area (Å²) >= 11 is 13.9. The Morgan fingerprint density at radius 1 is 1.18 bits per heavy atom. The van der Waals surface area contributed by atoms with Crippen molar-refractivity contribution in [1.29, 1.82) is 0 Å². The maximum atomic E-state index is 10.9. The van der Waals surface area contributed by atoms with E-state index in [1.165, 1.54) is 23.9 Å². The van der Waals surface area contributed by atoms with E-state index in [0.29, 0.717) is 34.1 Å². The largest absolute Gasteiger partial charge is 0.385 e. The van der Waals surface area contributed by atoms with E-state index in [1.807, 2.05) is 22.8 Å². The molecule has 0 bridgehead atoms. The molecule has 10 heteroatoms. The molecule has 0 saturated heterocycles. The van der Waals surface area contributed by atoms with Crippen LogP contribution in [0.15, 0.2) is 52.5 Å². The van der Waals surface area contributed by atoms with Crippen LogP contribution in [0.3, 0.4) is 0 Å². The molecule has 0 unspecified atom stereocenters. The van der Waals surface area contributed by atoms with E-state index < -0.39 is 4.92 Å². The smallest absolute Gasteiger partial charge is 0.270 e. The summed E-state index contributed by atoms with van der Waals surface area (Å²) in [5, 5.41) is 21.0. The minimum atomic E-state index is -0.483. The van der Waals surface area contributed by atoms with Crippen LogP contribution >= 0.6 is 35.0 Å². The number of rotatable bonds is 8. The molecule has 2 aromatic carbocycles. The third kappa shape index (κ3) is 4.64. The molecular weight excluding hydrogens is 423 g/mol. The van der Waals surface area contributed by atoms with E-state index in [-0.39, 0.29) is 10.7 Å². The van der Waals surface area contributed by atoms with Crippen LogP contribution in [0.4, 0.5) is 5.69 Å². The Labute approximate surface area is 175 Å². The minimum absolute atomic E-state index is 0.0623. The number of nitro groups is 1. The van der Waals surface area contributed by atoms with Crippen LogP contribution in [0.5, 0.6) is 0 Å². The van der Waals surface area contributed by atoms with Gasteiger partial charge in [-0.05, 0) is 36.4 Å². The first kappa shape index (κ1) is 20.6. The summed E-state index contributed by atoms with van der Waals surface area (Å²) in [6.07, 6.45) is 0.757. The van der Waals surface area contributed by atoms with Crippen LogP contribution in [0.25, 0.3) is 11.4 Å². The van der Waals surface area contributed by atoms with Crippen molar-refractivity contribution in [3.05, 3.63) is 62.6 Å². The van der Waals surface area contributed by atoms with Gasteiger partial charge >= 0.3 is 0 Å². The van der Waals surface area contributed by atoms with Crippen LogP contribution in [0.2, 0.25) is 10.0 Å². The molecule has 28 heavy (non-hydrogen) atoms. The molecule has 0 aliphatic rings. The van der Waals surface area contributed by atoms with Gasteiger partial charge in [-0.25, -0.2) is 0 Å². The molecule has 0 aliphatic carbocycles. The fourth-order valence-corrected chi connectivity index (χ4v) is 3.93. The van der Waals surface area contributed by atoms with Crippen molar-refractivity contribution >= 4 is 40.7 Å². The first-order chi connectivity index (χ1) is 13.5. The topological polar surface area (TPSA) is 83.1 Å². The monoisotopic (exact) mass is 438 g/mol. The molecule has 7 nitrogen and oxygen atoms in total. The number of nitrogens with zero attached hydrogens (tertiary/aromatic N) is 4. The van der Waals surface area contributed by atoms with E-state index in [9.17, 15) is 10.1 Å². The molecule has 0 saturated carbocycles. The second-order valence-electron chi connectivity index (χ2n) is 5.76. The summed E-state index contributed by atoms with van der Waals surface area (Å²) in [6, 6.07) is 11.8. The highest BCUT2D eigenvalue weighted by Crippen LogP contribution is 2.36. The lowest BCUT2D eigenvalue weighted by Gasteiger charge is -2.11. The van der Waals surface area contributed by atoms with E-state index in [4.69, 9.17) is 27.9 Å². The van der Waals surface area contributed by atoms with Gasteiger partial charge in [-0.3, -0.25) is 10.1 Å². The molecule has 0 aliphatic heterocycles. The highest BCUT2D eigenvalue weighted by atomic mass is 35.5. The van der Waals surface area contributed by atoms with Crippen molar-refractivity contribution in [3.8, 4) is 11.4 Å². The van der Waals surface area contributed by atoms with Crippen molar-refractivity contribution in [2.75, 3.05) is 13.7 Å². The predicted molar refractivity (Wildman–Crippen MR) is 109 cm³/mol. The van der Waals surface area contributed by atoms with Gasteiger partial charge in [0.25, 0.3) is 5.69 Å². The molecule has 1 aromatic heterocycles. The van der Waals surface area contributed by atoms with Crippen LogP contribution in [-0.4, -0.2) is 33.4 Å². The van der Waals surface area contributed by atoms with Crippen molar-refractivity contribution in [2.24, 2.45) is 0 Å². The number of halogens is 2. The van der Waals surface area contributed by atoms with Crippen molar-refractivity contribution in [1.82, 2.24) is 14.8 Å². The van der Waals surface area contributed by atoms with Crippen LogP contribution in [-0.2, 0) is 11.3 Å². The Morgan fingerprint density at radius 2 is 1.96 bits per heavy atom. The highest BCUT2D eigenvalue weighted by molar-refractivity contribution is 7.99. The number of hydrogen-bond donors (Lipinski definition) is 0. The van der Waals surface area contributed by atoms with E-state index in [1.54, 1.807) is 19.2 Å². The average molecular weight is 439 g/mol. The maximum absolute atomic E-state index is 10.9. The summed E-state index contributed by atoms with van der Waals surface area (Å²) < 4.78 is 7.10. The molecule has 3 aromatic rings. The standard InChI is InChI=1S/C18H16Cl2N4O3S/c1-27-10-4-9-23-17(13-5-2-3-6-14(13)19)21-22-18(23)28-16-8-7-12(24(25)26)11-15(16)20/h2-3,5-8,11H,4,9-10H2,1H3. The number of benzene rings is 2. The molecule has 0 amide bonds. The second kappa shape index (κ2) is 9.38. The van der Waals surface area contributed by atoms with Crippen molar-refractivity contribution in [2.45, 2.75) is 23.0 Å². The third-order valence-electron chi connectivity index (χ3n) is 3.89. The van der Waals surface area contributed by atoms with Gasteiger partial charge in [0.05, 0.1) is 15.0 Å². The molecule has 0 radical (unpaired) electrons. The fourth-order valence-electron chi connectivity index (χ4n) is 2.56. The van der Waals surface area contributed by atoms with Gasteiger partial charge in [0.15, 0.2) is 11.0 Å². The van der Waals surface area contributed by atoms with Gasteiger partial charge in [0, 0.05) is 42.9 Å². The Kier molecular flexibility index (Phi) is 6.90. The Balaban J connectivity index is 1.97. The van der Waals surface area contributed by atoms with E-state index in [2.05, 4.69) is 10.2 Å². The highest BCUT2D eigenvalue weighted by Gasteiger charge is 2.18. The zero-order valence-electron chi connectivity index (χ0n) is 14.8. The van der Waals surface area contributed by atoms with Gasteiger partial charge in [-0.15, -0.1) is 10.2 Å². The Morgan fingerprint density at radius 3 is 2.64 bits per heavy atom. The second-order valence-corrected chi connectivity index (χ2v) is 7.58. The normalized spacial score (nSPS) is 11.0. The van der Waals surface area contributed by atoms with Gasteiger partial charge in [-0.2, -0.15) is 0 Å². The van der Waals surface area contributed by atoms with Gasteiger partial charge < -0.3 is 9.30 Å². The van der Waals surface area contributed by atoms with Gasteiger partial charge in [-0.1, -0.05) is 35.3 Å². The summed E-state index contributed by atoms with van der Waals surface area (Å²) in [4.78, 5) is 11.1. The van der Waals surface area contributed by atoms with E-state index >= 15 is 0 Å².